The van der Waals surface area contributed by atoms with E-state index in [4.69, 9.17) is 0 Å². The highest BCUT2D eigenvalue weighted by Gasteiger charge is 2.28. The van der Waals surface area contributed by atoms with Gasteiger partial charge in [0.25, 0.3) is 0 Å². The van der Waals surface area contributed by atoms with Crippen molar-refractivity contribution in [3.63, 3.8) is 0 Å². The summed E-state index contributed by atoms with van der Waals surface area (Å²) < 4.78 is 0. The summed E-state index contributed by atoms with van der Waals surface area (Å²) in [6, 6.07) is 4.38. The van der Waals surface area contributed by atoms with Gasteiger partial charge in [-0.05, 0) is 25.0 Å². The van der Waals surface area contributed by atoms with Crippen molar-refractivity contribution < 1.29 is 4.79 Å². The third-order valence-corrected chi connectivity index (χ3v) is 2.75. The number of hydrogen-bond donors (Lipinski definition) is 0. The van der Waals surface area contributed by atoms with Gasteiger partial charge in [0.2, 0.25) is 0 Å². The van der Waals surface area contributed by atoms with Crippen LogP contribution in [0, 0.1) is 0 Å². The van der Waals surface area contributed by atoms with Crippen LogP contribution in [0.15, 0.2) is 31.0 Å². The number of ketones is 1. The summed E-state index contributed by atoms with van der Waals surface area (Å²) in [5.74, 6) is 0.00763. The van der Waals surface area contributed by atoms with Gasteiger partial charge in [0.15, 0.2) is 5.78 Å². The van der Waals surface area contributed by atoms with Gasteiger partial charge in [-0.1, -0.05) is 6.08 Å². The normalized spacial score (nSPS) is 14.6. The Hall–Kier alpha value is -1.64. The van der Waals surface area contributed by atoms with Gasteiger partial charge in [0.05, 0.1) is 11.9 Å². The van der Waals surface area contributed by atoms with Crippen molar-refractivity contribution in [2.75, 3.05) is 11.4 Å². The highest BCUT2D eigenvalue weighted by molar-refractivity contribution is 5.92. The zero-order valence-electron chi connectivity index (χ0n) is 9.52. The van der Waals surface area contributed by atoms with Crippen LogP contribution in [0.5, 0.6) is 0 Å². The largest absolute Gasteiger partial charge is 0.364 e. The van der Waals surface area contributed by atoms with E-state index in [2.05, 4.69) is 16.5 Å². The summed E-state index contributed by atoms with van der Waals surface area (Å²) in [5, 5.41) is 0. The average Bonchev–Trinajstić information content (AvgIpc) is 3.10. The number of nitrogens with zero attached hydrogens (tertiary/aromatic N) is 2. The molecule has 2 rings (SSSR count). The number of carbonyl (C=O) groups excluding carboxylic acids is 1. The Kier molecular flexibility index (Phi) is 3.04. The SMILES string of the molecule is C=CCN(c1ccc(C(C)=O)nc1)C1CC1. The number of pyridine rings is 1. The number of Topliss-reactive ketones (excluding diaryl/α,β-unsaturated/α-hetero) is 1. The van der Waals surface area contributed by atoms with Gasteiger partial charge in [-0.2, -0.15) is 0 Å². The van der Waals surface area contributed by atoms with E-state index in [1.54, 1.807) is 12.3 Å². The maximum atomic E-state index is 11.1. The van der Waals surface area contributed by atoms with Gasteiger partial charge in [0.1, 0.15) is 5.69 Å². The minimum Gasteiger partial charge on any atom is -0.364 e. The third-order valence-electron chi connectivity index (χ3n) is 2.75. The van der Waals surface area contributed by atoms with Crippen molar-refractivity contribution >= 4 is 11.5 Å². The smallest absolute Gasteiger partial charge is 0.178 e. The lowest BCUT2D eigenvalue weighted by Crippen LogP contribution is -2.25. The first-order valence-electron chi connectivity index (χ1n) is 5.57. The molecule has 0 amide bonds. The summed E-state index contributed by atoms with van der Waals surface area (Å²) in [5.41, 5.74) is 1.60. The second-order valence-electron chi connectivity index (χ2n) is 4.13. The number of rotatable bonds is 5. The highest BCUT2D eigenvalue weighted by Crippen LogP contribution is 2.31. The third kappa shape index (κ3) is 2.30. The van der Waals surface area contributed by atoms with Crippen LogP contribution in [-0.4, -0.2) is 23.4 Å². The minimum atomic E-state index is 0.00763. The Morgan fingerprint density at radius 2 is 2.38 bits per heavy atom. The van der Waals surface area contributed by atoms with E-state index in [9.17, 15) is 4.79 Å². The summed E-state index contributed by atoms with van der Waals surface area (Å²) in [6.07, 6.45) is 6.15. The lowest BCUT2D eigenvalue weighted by atomic mass is 10.2. The van der Waals surface area contributed by atoms with Crippen molar-refractivity contribution in [1.82, 2.24) is 4.98 Å². The van der Waals surface area contributed by atoms with Crippen molar-refractivity contribution in [1.29, 1.82) is 0 Å². The molecule has 0 spiro atoms. The molecule has 0 N–H and O–H groups in total. The molecule has 16 heavy (non-hydrogen) atoms. The molecule has 3 heteroatoms. The predicted octanol–water partition coefficient (Wildman–Crippen LogP) is 2.44. The van der Waals surface area contributed by atoms with Gasteiger partial charge in [-0.25, -0.2) is 0 Å². The molecule has 1 aliphatic carbocycles. The molecule has 0 atom stereocenters. The number of anilines is 1. The fraction of sp³-hybridized carbons (Fsp3) is 0.385. The standard InChI is InChI=1S/C13H16N2O/c1-3-8-15(11-4-5-11)12-6-7-13(10(2)16)14-9-12/h3,6-7,9,11H,1,4-5,8H2,2H3. The molecular formula is C13H16N2O. The molecule has 0 unspecified atom stereocenters. The first kappa shape index (κ1) is 10.9. The van der Waals surface area contributed by atoms with Crippen LogP contribution in [0.2, 0.25) is 0 Å². The van der Waals surface area contributed by atoms with Crippen LogP contribution in [0.1, 0.15) is 30.3 Å². The molecule has 0 bridgehead atoms. The van der Waals surface area contributed by atoms with E-state index in [1.807, 2.05) is 12.1 Å². The van der Waals surface area contributed by atoms with E-state index in [1.165, 1.54) is 19.8 Å². The number of aromatic nitrogens is 1. The maximum Gasteiger partial charge on any atom is 0.178 e. The second kappa shape index (κ2) is 4.47. The summed E-state index contributed by atoms with van der Waals surface area (Å²) in [6.45, 7) is 6.14. The van der Waals surface area contributed by atoms with Gasteiger partial charge in [-0.15, -0.1) is 6.58 Å². The number of hydrogen-bond acceptors (Lipinski definition) is 3. The van der Waals surface area contributed by atoms with Crippen molar-refractivity contribution in [3.8, 4) is 0 Å². The van der Waals surface area contributed by atoms with Crippen molar-refractivity contribution in [3.05, 3.63) is 36.7 Å². The molecule has 0 radical (unpaired) electrons. The topological polar surface area (TPSA) is 33.2 Å². The van der Waals surface area contributed by atoms with E-state index in [0.717, 1.165) is 12.2 Å². The van der Waals surface area contributed by atoms with Crippen molar-refractivity contribution in [2.24, 2.45) is 0 Å². The molecule has 3 nitrogen and oxygen atoms in total. The molecule has 84 valence electrons. The fourth-order valence-electron chi connectivity index (χ4n) is 1.75. The molecular weight excluding hydrogens is 200 g/mol. The molecule has 1 fully saturated rings. The molecule has 0 aromatic carbocycles. The Labute approximate surface area is 95.8 Å². The Morgan fingerprint density at radius 3 is 2.81 bits per heavy atom. The van der Waals surface area contributed by atoms with Crippen LogP contribution in [0.25, 0.3) is 0 Å². The Morgan fingerprint density at radius 1 is 1.62 bits per heavy atom. The highest BCUT2D eigenvalue weighted by atomic mass is 16.1. The monoisotopic (exact) mass is 216 g/mol. The average molecular weight is 216 g/mol. The van der Waals surface area contributed by atoms with E-state index in [-0.39, 0.29) is 5.78 Å². The zero-order chi connectivity index (χ0) is 11.5. The summed E-state index contributed by atoms with van der Waals surface area (Å²) >= 11 is 0. The number of carbonyl (C=O) groups is 1. The lowest BCUT2D eigenvalue weighted by molar-refractivity contribution is 0.101. The predicted molar refractivity (Wildman–Crippen MR) is 64.8 cm³/mol. The van der Waals surface area contributed by atoms with E-state index >= 15 is 0 Å². The first-order chi connectivity index (χ1) is 7.72. The zero-order valence-corrected chi connectivity index (χ0v) is 9.52. The van der Waals surface area contributed by atoms with Crippen LogP contribution < -0.4 is 4.90 Å². The van der Waals surface area contributed by atoms with Crippen LogP contribution in [0.3, 0.4) is 0 Å². The van der Waals surface area contributed by atoms with Gasteiger partial charge in [0, 0.05) is 19.5 Å². The quantitative estimate of drug-likeness (QED) is 0.560. The molecule has 0 saturated heterocycles. The Balaban J connectivity index is 2.17. The minimum absolute atomic E-state index is 0.00763. The summed E-state index contributed by atoms with van der Waals surface area (Å²) in [4.78, 5) is 17.6. The van der Waals surface area contributed by atoms with Crippen LogP contribution in [-0.2, 0) is 0 Å². The molecule has 1 aliphatic rings. The van der Waals surface area contributed by atoms with E-state index < -0.39 is 0 Å². The molecule has 1 aromatic rings. The molecule has 1 saturated carbocycles. The van der Waals surface area contributed by atoms with Gasteiger partial charge in [-0.3, -0.25) is 9.78 Å². The van der Waals surface area contributed by atoms with Crippen LogP contribution in [0.4, 0.5) is 5.69 Å². The Bertz CT molecular complexity index is 393. The summed E-state index contributed by atoms with van der Waals surface area (Å²) in [7, 11) is 0. The maximum absolute atomic E-state index is 11.1. The molecule has 0 aliphatic heterocycles. The fourth-order valence-corrected chi connectivity index (χ4v) is 1.75. The van der Waals surface area contributed by atoms with Gasteiger partial charge >= 0.3 is 0 Å². The molecule has 1 aromatic heterocycles. The second-order valence-corrected chi connectivity index (χ2v) is 4.13. The lowest BCUT2D eigenvalue weighted by Gasteiger charge is -2.22. The van der Waals surface area contributed by atoms with Crippen LogP contribution >= 0.6 is 0 Å². The van der Waals surface area contributed by atoms with Crippen molar-refractivity contribution in [2.45, 2.75) is 25.8 Å². The first-order valence-corrected chi connectivity index (χ1v) is 5.57. The van der Waals surface area contributed by atoms with Gasteiger partial charge < -0.3 is 4.90 Å². The van der Waals surface area contributed by atoms with E-state index in [0.29, 0.717) is 11.7 Å². The molecule has 1 heterocycles.